The zero-order chi connectivity index (χ0) is 16.8. The molecule has 1 amide bonds. The van der Waals surface area contributed by atoms with Crippen LogP contribution >= 0.6 is 11.3 Å². The van der Waals surface area contributed by atoms with Crippen molar-refractivity contribution in [2.24, 2.45) is 0 Å². The average Bonchev–Trinajstić information content (AvgIpc) is 3.01. The van der Waals surface area contributed by atoms with Crippen LogP contribution in [0.2, 0.25) is 0 Å². The van der Waals surface area contributed by atoms with Gasteiger partial charge in [0.05, 0.1) is 4.88 Å². The second kappa shape index (κ2) is 7.92. The van der Waals surface area contributed by atoms with Crippen molar-refractivity contribution < 1.29 is 9.59 Å². The van der Waals surface area contributed by atoms with Crippen LogP contribution in [-0.4, -0.2) is 25.8 Å². The van der Waals surface area contributed by atoms with Crippen LogP contribution in [0.1, 0.15) is 34.5 Å². The lowest BCUT2D eigenvalue weighted by Gasteiger charge is -2.16. The van der Waals surface area contributed by atoms with Gasteiger partial charge < -0.3 is 10.2 Å². The zero-order valence-corrected chi connectivity index (χ0v) is 14.6. The van der Waals surface area contributed by atoms with E-state index in [1.807, 2.05) is 61.6 Å². The molecule has 0 saturated carbocycles. The second-order valence-electron chi connectivity index (χ2n) is 5.70. The topological polar surface area (TPSA) is 49.4 Å². The first-order valence-electron chi connectivity index (χ1n) is 7.62. The van der Waals surface area contributed by atoms with E-state index in [1.54, 1.807) is 0 Å². The molecule has 1 aromatic carbocycles. The molecule has 1 aromatic heterocycles. The van der Waals surface area contributed by atoms with Gasteiger partial charge in [-0.2, -0.15) is 0 Å². The number of Topliss-reactive ketones (excluding diaryl/α,β-unsaturated/α-hetero) is 1. The van der Waals surface area contributed by atoms with E-state index in [0.717, 1.165) is 21.8 Å². The van der Waals surface area contributed by atoms with Crippen LogP contribution in [0.3, 0.4) is 0 Å². The molecule has 23 heavy (non-hydrogen) atoms. The first-order valence-corrected chi connectivity index (χ1v) is 8.50. The van der Waals surface area contributed by atoms with E-state index in [0.29, 0.717) is 19.3 Å². The van der Waals surface area contributed by atoms with Crippen LogP contribution < -0.4 is 10.2 Å². The molecule has 0 radical (unpaired) electrons. The van der Waals surface area contributed by atoms with Gasteiger partial charge in [0.25, 0.3) is 0 Å². The molecule has 2 rings (SSSR count). The van der Waals surface area contributed by atoms with Crippen molar-refractivity contribution in [1.29, 1.82) is 0 Å². The number of carbonyl (C=O) groups excluding carboxylic acids is 2. The van der Waals surface area contributed by atoms with Crippen LogP contribution in [-0.2, 0) is 4.79 Å². The third-order valence-electron chi connectivity index (χ3n) is 3.57. The van der Waals surface area contributed by atoms with Gasteiger partial charge >= 0.3 is 0 Å². The molecule has 0 unspecified atom stereocenters. The van der Waals surface area contributed by atoms with Crippen molar-refractivity contribution in [3.05, 3.63) is 46.2 Å². The fourth-order valence-electron chi connectivity index (χ4n) is 2.43. The van der Waals surface area contributed by atoms with Gasteiger partial charge in [0, 0.05) is 38.3 Å². The van der Waals surface area contributed by atoms with Crippen molar-refractivity contribution in [2.45, 2.75) is 26.2 Å². The number of nitrogens with one attached hydrogen (secondary N) is 1. The summed E-state index contributed by atoms with van der Waals surface area (Å²) < 4.78 is 0. The Labute approximate surface area is 141 Å². The Bertz CT molecular complexity index is 678. The van der Waals surface area contributed by atoms with Gasteiger partial charge in [-0.25, -0.2) is 0 Å². The Hall–Kier alpha value is -2.14. The van der Waals surface area contributed by atoms with Crippen molar-refractivity contribution in [2.75, 3.05) is 24.3 Å². The lowest BCUT2D eigenvalue weighted by atomic mass is 10.1. The largest absolute Gasteiger partial charge is 0.377 e. The van der Waals surface area contributed by atoms with Gasteiger partial charge in [-0.15, -0.1) is 11.3 Å². The minimum Gasteiger partial charge on any atom is -0.377 e. The lowest BCUT2D eigenvalue weighted by molar-refractivity contribution is -0.116. The van der Waals surface area contributed by atoms with E-state index in [1.165, 1.54) is 11.3 Å². The number of thiophene rings is 1. The predicted octanol–water partition coefficient (Wildman–Crippen LogP) is 4.11. The molecule has 1 heterocycles. The minimum absolute atomic E-state index is 0.0546. The normalized spacial score (nSPS) is 10.4. The molecule has 0 fully saturated rings. The summed E-state index contributed by atoms with van der Waals surface area (Å²) in [6, 6.07) is 9.54. The van der Waals surface area contributed by atoms with Crippen molar-refractivity contribution in [3.63, 3.8) is 0 Å². The highest BCUT2D eigenvalue weighted by molar-refractivity contribution is 7.12. The second-order valence-corrected chi connectivity index (χ2v) is 6.65. The van der Waals surface area contributed by atoms with E-state index >= 15 is 0 Å². The number of hydrogen-bond acceptors (Lipinski definition) is 4. The summed E-state index contributed by atoms with van der Waals surface area (Å²) in [6.07, 6.45) is 1.33. The summed E-state index contributed by atoms with van der Waals surface area (Å²) in [7, 11) is 3.98. The highest BCUT2D eigenvalue weighted by atomic mass is 32.1. The van der Waals surface area contributed by atoms with Crippen LogP contribution in [0.15, 0.2) is 35.7 Å². The maximum atomic E-state index is 12.0. The number of aryl methyl sites for hydroxylation is 1. The standard InChI is InChI=1S/C18H22N2O2S/c1-13-12-14(9-10-15(13)20(2)3)19-18(22)8-4-6-16(21)17-7-5-11-23-17/h5,7,9-12H,4,6,8H2,1-3H3,(H,19,22). The van der Waals surface area contributed by atoms with Crippen molar-refractivity contribution >= 4 is 34.4 Å². The predicted molar refractivity (Wildman–Crippen MR) is 96.6 cm³/mol. The molecule has 0 spiro atoms. The Morgan fingerprint density at radius 3 is 2.57 bits per heavy atom. The monoisotopic (exact) mass is 330 g/mol. The summed E-state index contributed by atoms with van der Waals surface area (Å²) in [4.78, 5) is 26.6. The lowest BCUT2D eigenvalue weighted by Crippen LogP contribution is -2.13. The Morgan fingerprint density at radius 2 is 1.96 bits per heavy atom. The van der Waals surface area contributed by atoms with Gasteiger partial charge in [0.15, 0.2) is 5.78 Å². The van der Waals surface area contributed by atoms with Crippen LogP contribution in [0.25, 0.3) is 0 Å². The molecule has 0 atom stereocenters. The Morgan fingerprint density at radius 1 is 1.17 bits per heavy atom. The molecule has 5 heteroatoms. The molecule has 0 aliphatic carbocycles. The number of anilines is 2. The van der Waals surface area contributed by atoms with E-state index in [-0.39, 0.29) is 11.7 Å². The highest BCUT2D eigenvalue weighted by Crippen LogP contribution is 2.22. The van der Waals surface area contributed by atoms with Gasteiger partial charge in [-0.05, 0) is 48.6 Å². The number of amides is 1. The molecule has 0 saturated heterocycles. The SMILES string of the molecule is Cc1cc(NC(=O)CCCC(=O)c2cccs2)ccc1N(C)C. The van der Waals surface area contributed by atoms with Crippen molar-refractivity contribution in [1.82, 2.24) is 0 Å². The van der Waals surface area contributed by atoms with E-state index in [9.17, 15) is 9.59 Å². The van der Waals surface area contributed by atoms with Gasteiger partial charge in [0.1, 0.15) is 0 Å². The number of ketones is 1. The molecular formula is C18H22N2O2S. The van der Waals surface area contributed by atoms with Crippen molar-refractivity contribution in [3.8, 4) is 0 Å². The molecule has 1 N–H and O–H groups in total. The maximum Gasteiger partial charge on any atom is 0.224 e. The van der Waals surface area contributed by atoms with Gasteiger partial charge in [-0.1, -0.05) is 6.07 Å². The van der Waals surface area contributed by atoms with E-state index in [4.69, 9.17) is 0 Å². The summed E-state index contributed by atoms with van der Waals surface area (Å²) >= 11 is 1.44. The third kappa shape index (κ3) is 4.93. The van der Waals surface area contributed by atoms with Crippen LogP contribution in [0.5, 0.6) is 0 Å². The summed E-state index contributed by atoms with van der Waals surface area (Å²) in [5.74, 6) is 0.0555. The fourth-order valence-corrected chi connectivity index (χ4v) is 3.12. The Balaban J connectivity index is 1.81. The van der Waals surface area contributed by atoms with Gasteiger partial charge in [0.2, 0.25) is 5.91 Å². The van der Waals surface area contributed by atoms with Crippen LogP contribution in [0, 0.1) is 6.92 Å². The fraction of sp³-hybridized carbons (Fsp3) is 0.333. The third-order valence-corrected chi connectivity index (χ3v) is 4.48. The molecule has 122 valence electrons. The molecule has 0 bridgehead atoms. The molecule has 0 aliphatic rings. The maximum absolute atomic E-state index is 12.0. The number of hydrogen-bond donors (Lipinski definition) is 1. The summed E-state index contributed by atoms with van der Waals surface area (Å²) in [6.45, 7) is 2.02. The van der Waals surface area contributed by atoms with Crippen LogP contribution in [0.4, 0.5) is 11.4 Å². The highest BCUT2D eigenvalue weighted by Gasteiger charge is 2.09. The number of carbonyl (C=O) groups is 2. The first kappa shape index (κ1) is 17.2. The van der Waals surface area contributed by atoms with E-state index in [2.05, 4.69) is 5.32 Å². The van der Waals surface area contributed by atoms with Gasteiger partial charge in [-0.3, -0.25) is 9.59 Å². The number of benzene rings is 1. The molecule has 0 aliphatic heterocycles. The zero-order valence-electron chi connectivity index (χ0n) is 13.8. The smallest absolute Gasteiger partial charge is 0.224 e. The molecular weight excluding hydrogens is 308 g/mol. The average molecular weight is 330 g/mol. The molecule has 4 nitrogen and oxygen atoms in total. The Kier molecular flexibility index (Phi) is 5.93. The van der Waals surface area contributed by atoms with E-state index < -0.39 is 0 Å². The first-order chi connectivity index (χ1) is 11.0. The number of rotatable bonds is 7. The summed E-state index contributed by atoms with van der Waals surface area (Å²) in [5.41, 5.74) is 3.04. The molecule has 2 aromatic rings. The number of nitrogens with zero attached hydrogens (tertiary/aromatic N) is 1. The minimum atomic E-state index is -0.0546. The summed E-state index contributed by atoms with van der Waals surface area (Å²) in [5, 5.41) is 4.78. The quantitative estimate of drug-likeness (QED) is 0.777.